The van der Waals surface area contributed by atoms with E-state index in [-0.39, 0.29) is 0 Å². The predicted molar refractivity (Wildman–Crippen MR) is 66.7 cm³/mol. The average molecular weight is 240 g/mol. The van der Waals surface area contributed by atoms with E-state index in [9.17, 15) is 0 Å². The zero-order valence-corrected chi connectivity index (χ0v) is 10.6. The van der Waals surface area contributed by atoms with Gasteiger partial charge in [0.25, 0.3) is 0 Å². The summed E-state index contributed by atoms with van der Waals surface area (Å²) in [6, 6.07) is 8.08. The molecule has 0 aromatic heterocycles. The highest BCUT2D eigenvalue weighted by Crippen LogP contribution is 2.15. The van der Waals surface area contributed by atoms with Gasteiger partial charge in [0.2, 0.25) is 0 Å². The second-order valence-corrected chi connectivity index (χ2v) is 5.01. The molecule has 1 heterocycles. The SMILES string of the molecule is C[C@@H]1CN(Cc2ccc(Cl)cc2)C[C@H](C)O1. The first-order valence-corrected chi connectivity index (χ1v) is 6.13. The molecule has 1 saturated heterocycles. The van der Waals surface area contributed by atoms with Crippen LogP contribution in [-0.4, -0.2) is 30.2 Å². The molecule has 0 amide bonds. The van der Waals surface area contributed by atoms with E-state index in [1.54, 1.807) is 0 Å². The third-order valence-corrected chi connectivity index (χ3v) is 3.07. The Morgan fingerprint density at radius 3 is 2.31 bits per heavy atom. The van der Waals surface area contributed by atoms with Gasteiger partial charge in [-0.25, -0.2) is 0 Å². The van der Waals surface area contributed by atoms with E-state index in [0.29, 0.717) is 12.2 Å². The van der Waals surface area contributed by atoms with Gasteiger partial charge in [-0.3, -0.25) is 4.90 Å². The van der Waals surface area contributed by atoms with Crippen molar-refractivity contribution in [1.82, 2.24) is 4.90 Å². The molecular weight excluding hydrogens is 222 g/mol. The van der Waals surface area contributed by atoms with Crippen LogP contribution in [0.4, 0.5) is 0 Å². The number of morpholine rings is 1. The second-order valence-electron chi connectivity index (χ2n) is 4.58. The topological polar surface area (TPSA) is 12.5 Å². The van der Waals surface area contributed by atoms with Gasteiger partial charge in [0.1, 0.15) is 0 Å². The molecule has 1 aliphatic rings. The Labute approximate surface area is 102 Å². The average Bonchev–Trinajstić information content (AvgIpc) is 2.20. The number of halogens is 1. The number of benzene rings is 1. The molecule has 88 valence electrons. The molecule has 0 saturated carbocycles. The summed E-state index contributed by atoms with van der Waals surface area (Å²) >= 11 is 5.87. The lowest BCUT2D eigenvalue weighted by Gasteiger charge is -2.35. The van der Waals surface area contributed by atoms with Gasteiger partial charge in [0.15, 0.2) is 0 Å². The van der Waals surface area contributed by atoms with Crippen molar-refractivity contribution in [1.29, 1.82) is 0 Å². The zero-order chi connectivity index (χ0) is 11.5. The van der Waals surface area contributed by atoms with Crippen molar-refractivity contribution in [2.45, 2.75) is 32.6 Å². The number of ether oxygens (including phenoxy) is 1. The lowest BCUT2D eigenvalue weighted by Crippen LogP contribution is -2.44. The molecule has 0 radical (unpaired) electrons. The van der Waals surface area contributed by atoms with Crippen LogP contribution in [0.5, 0.6) is 0 Å². The Bertz CT molecular complexity index is 328. The summed E-state index contributed by atoms with van der Waals surface area (Å²) in [4.78, 5) is 2.43. The molecule has 0 aliphatic carbocycles. The Morgan fingerprint density at radius 1 is 1.19 bits per heavy atom. The molecule has 0 N–H and O–H groups in total. The standard InChI is InChI=1S/C13H18ClNO/c1-10-7-15(8-11(2)16-10)9-12-3-5-13(14)6-4-12/h3-6,10-11H,7-9H2,1-2H3/t10-,11+. The molecule has 2 rings (SSSR count). The van der Waals surface area contributed by atoms with Crippen molar-refractivity contribution < 1.29 is 4.74 Å². The molecule has 0 spiro atoms. The minimum Gasteiger partial charge on any atom is -0.373 e. The first kappa shape index (κ1) is 11.9. The van der Waals surface area contributed by atoms with E-state index in [2.05, 4.69) is 30.9 Å². The van der Waals surface area contributed by atoms with Crippen molar-refractivity contribution in [3.8, 4) is 0 Å². The first-order valence-electron chi connectivity index (χ1n) is 5.76. The summed E-state index contributed by atoms with van der Waals surface area (Å²) in [6.45, 7) is 7.25. The molecule has 16 heavy (non-hydrogen) atoms. The van der Waals surface area contributed by atoms with Crippen LogP contribution in [0.3, 0.4) is 0 Å². The summed E-state index contributed by atoms with van der Waals surface area (Å²) in [5.74, 6) is 0. The third kappa shape index (κ3) is 3.21. The highest BCUT2D eigenvalue weighted by atomic mass is 35.5. The Balaban J connectivity index is 1.96. The minimum atomic E-state index is 0.330. The van der Waals surface area contributed by atoms with Crippen LogP contribution in [0, 0.1) is 0 Å². The van der Waals surface area contributed by atoms with Crippen LogP contribution in [-0.2, 0) is 11.3 Å². The van der Waals surface area contributed by atoms with Crippen molar-refractivity contribution in [3.63, 3.8) is 0 Å². The summed E-state index contributed by atoms with van der Waals surface area (Å²) in [6.07, 6.45) is 0.659. The molecule has 1 aliphatic heterocycles. The van der Waals surface area contributed by atoms with Crippen LogP contribution in [0.15, 0.2) is 24.3 Å². The van der Waals surface area contributed by atoms with Gasteiger partial charge in [0.05, 0.1) is 12.2 Å². The molecule has 1 aromatic carbocycles. The molecule has 2 nitrogen and oxygen atoms in total. The summed E-state index contributed by atoms with van der Waals surface area (Å²) in [7, 11) is 0. The van der Waals surface area contributed by atoms with Gasteiger partial charge in [-0.2, -0.15) is 0 Å². The van der Waals surface area contributed by atoms with Crippen LogP contribution in [0.2, 0.25) is 5.02 Å². The van der Waals surface area contributed by atoms with E-state index in [4.69, 9.17) is 16.3 Å². The maximum atomic E-state index is 5.87. The van der Waals surface area contributed by atoms with E-state index in [1.807, 2.05) is 12.1 Å². The molecule has 1 fully saturated rings. The molecule has 0 bridgehead atoms. The number of nitrogens with zero attached hydrogens (tertiary/aromatic N) is 1. The van der Waals surface area contributed by atoms with Gasteiger partial charge in [-0.15, -0.1) is 0 Å². The zero-order valence-electron chi connectivity index (χ0n) is 9.82. The lowest BCUT2D eigenvalue weighted by molar-refractivity contribution is -0.0704. The molecular formula is C13H18ClNO. The van der Waals surface area contributed by atoms with E-state index >= 15 is 0 Å². The Kier molecular flexibility index (Phi) is 3.85. The van der Waals surface area contributed by atoms with Crippen molar-refractivity contribution in [3.05, 3.63) is 34.9 Å². The number of rotatable bonds is 2. The van der Waals surface area contributed by atoms with Gasteiger partial charge in [-0.05, 0) is 31.5 Å². The van der Waals surface area contributed by atoms with Gasteiger partial charge >= 0.3 is 0 Å². The fourth-order valence-electron chi connectivity index (χ4n) is 2.26. The highest BCUT2D eigenvalue weighted by Gasteiger charge is 2.21. The van der Waals surface area contributed by atoms with Gasteiger partial charge in [0, 0.05) is 24.7 Å². The first-order chi connectivity index (χ1) is 7.63. The Hall–Kier alpha value is -0.570. The summed E-state index contributed by atoms with van der Waals surface area (Å²) in [5.41, 5.74) is 1.31. The normalized spacial score (nSPS) is 26.9. The highest BCUT2D eigenvalue weighted by molar-refractivity contribution is 6.30. The van der Waals surface area contributed by atoms with Crippen LogP contribution < -0.4 is 0 Å². The van der Waals surface area contributed by atoms with E-state index in [1.165, 1.54) is 5.56 Å². The maximum absolute atomic E-state index is 5.87. The number of hydrogen-bond acceptors (Lipinski definition) is 2. The summed E-state index contributed by atoms with van der Waals surface area (Å²) in [5, 5.41) is 0.799. The fraction of sp³-hybridized carbons (Fsp3) is 0.538. The predicted octanol–water partition coefficient (Wildman–Crippen LogP) is 2.95. The van der Waals surface area contributed by atoms with E-state index in [0.717, 1.165) is 24.7 Å². The monoisotopic (exact) mass is 239 g/mol. The number of hydrogen-bond donors (Lipinski definition) is 0. The van der Waals surface area contributed by atoms with Crippen molar-refractivity contribution >= 4 is 11.6 Å². The largest absolute Gasteiger partial charge is 0.373 e. The van der Waals surface area contributed by atoms with Gasteiger partial charge < -0.3 is 4.74 Å². The van der Waals surface area contributed by atoms with Crippen LogP contribution >= 0.6 is 11.6 Å². The van der Waals surface area contributed by atoms with Crippen LogP contribution in [0.1, 0.15) is 19.4 Å². The smallest absolute Gasteiger partial charge is 0.0678 e. The van der Waals surface area contributed by atoms with Gasteiger partial charge in [-0.1, -0.05) is 23.7 Å². The summed E-state index contributed by atoms with van der Waals surface area (Å²) < 4.78 is 5.71. The quantitative estimate of drug-likeness (QED) is 0.787. The Morgan fingerprint density at radius 2 is 1.75 bits per heavy atom. The van der Waals surface area contributed by atoms with E-state index < -0.39 is 0 Å². The van der Waals surface area contributed by atoms with Crippen molar-refractivity contribution in [2.24, 2.45) is 0 Å². The molecule has 1 aromatic rings. The third-order valence-electron chi connectivity index (χ3n) is 2.81. The molecule has 2 atom stereocenters. The fourth-order valence-corrected chi connectivity index (χ4v) is 2.39. The lowest BCUT2D eigenvalue weighted by atomic mass is 10.1. The van der Waals surface area contributed by atoms with Crippen molar-refractivity contribution in [2.75, 3.05) is 13.1 Å². The van der Waals surface area contributed by atoms with Crippen LogP contribution in [0.25, 0.3) is 0 Å². The molecule has 0 unspecified atom stereocenters. The maximum Gasteiger partial charge on any atom is 0.0678 e. The molecule has 3 heteroatoms. The second kappa shape index (κ2) is 5.17. The minimum absolute atomic E-state index is 0.330.